The Morgan fingerprint density at radius 1 is 1.35 bits per heavy atom. The number of fused-ring (bicyclic) bond motifs is 1. The summed E-state index contributed by atoms with van der Waals surface area (Å²) in [5, 5.41) is 0. The lowest BCUT2D eigenvalue weighted by atomic mass is 9.90. The summed E-state index contributed by atoms with van der Waals surface area (Å²) in [7, 11) is -5.58. The third-order valence-electron chi connectivity index (χ3n) is 3.93. The normalized spacial score (nSPS) is 34.0. The van der Waals surface area contributed by atoms with E-state index in [4.69, 9.17) is 4.74 Å². The Balaban J connectivity index is 2.15. The van der Waals surface area contributed by atoms with Crippen LogP contribution in [0.2, 0.25) is 0 Å². The summed E-state index contributed by atoms with van der Waals surface area (Å²) < 4.78 is 69.2. The third-order valence-corrected chi connectivity index (χ3v) is 4.90. The van der Waals surface area contributed by atoms with Gasteiger partial charge in [-0.2, -0.15) is 21.6 Å². The van der Waals surface area contributed by atoms with Crippen molar-refractivity contribution < 1.29 is 30.5 Å². The van der Waals surface area contributed by atoms with Crippen molar-refractivity contribution in [2.24, 2.45) is 17.8 Å². The number of allylic oxidation sites excluding steroid dienone is 2. The van der Waals surface area contributed by atoms with Crippen LogP contribution in [0.25, 0.3) is 0 Å². The fourth-order valence-corrected chi connectivity index (χ4v) is 3.72. The van der Waals surface area contributed by atoms with Crippen LogP contribution in [0.4, 0.5) is 13.2 Å². The minimum absolute atomic E-state index is 0.00613. The maximum absolute atomic E-state index is 12.4. The molecule has 0 heterocycles. The van der Waals surface area contributed by atoms with Gasteiger partial charge in [-0.3, -0.25) is 0 Å². The molecule has 8 heteroatoms. The molecule has 4 atom stereocenters. The maximum atomic E-state index is 12.4. The molecule has 0 bridgehead atoms. The molecule has 1 saturated carbocycles. The first-order chi connectivity index (χ1) is 9.17. The number of alkyl halides is 3. The second kappa shape index (κ2) is 5.22. The molecule has 0 saturated heterocycles. The molecule has 0 aromatic heterocycles. The van der Waals surface area contributed by atoms with Gasteiger partial charge in [0.15, 0.2) is 0 Å². The first-order valence-electron chi connectivity index (χ1n) is 6.51. The standard InChI is InChI=1S/C12H17F3O4S/c1-3-18-9-5-4-8-10(6-7(2)11(8)9)19-20(16,17)12(13,14)15/h6-9,11H,3-5H2,1-2H3/t7-,8-,9?,11?/m0/s1. The molecule has 0 N–H and O–H groups in total. The molecule has 4 nitrogen and oxygen atoms in total. The average molecular weight is 314 g/mol. The van der Waals surface area contributed by atoms with E-state index in [0.717, 1.165) is 0 Å². The lowest BCUT2D eigenvalue weighted by molar-refractivity contribution is -0.0528. The maximum Gasteiger partial charge on any atom is 0.534 e. The second-order valence-corrected chi connectivity index (χ2v) is 6.70. The first-order valence-corrected chi connectivity index (χ1v) is 7.92. The van der Waals surface area contributed by atoms with Crippen LogP contribution in [0, 0.1) is 17.8 Å². The van der Waals surface area contributed by atoms with Crippen molar-refractivity contribution in [3.63, 3.8) is 0 Å². The van der Waals surface area contributed by atoms with Crippen LogP contribution < -0.4 is 0 Å². The molecule has 2 rings (SSSR count). The van der Waals surface area contributed by atoms with Gasteiger partial charge in [0, 0.05) is 18.4 Å². The van der Waals surface area contributed by atoms with Crippen molar-refractivity contribution in [3.8, 4) is 0 Å². The molecule has 0 aromatic rings. The van der Waals surface area contributed by atoms with Gasteiger partial charge < -0.3 is 8.92 Å². The molecule has 0 aromatic carbocycles. The van der Waals surface area contributed by atoms with Crippen LogP contribution in [0.3, 0.4) is 0 Å². The van der Waals surface area contributed by atoms with Gasteiger partial charge in [-0.1, -0.05) is 6.92 Å². The zero-order chi connectivity index (χ0) is 15.1. The number of rotatable bonds is 4. The molecule has 0 spiro atoms. The monoisotopic (exact) mass is 314 g/mol. The lowest BCUT2D eigenvalue weighted by Crippen LogP contribution is -2.27. The van der Waals surface area contributed by atoms with Gasteiger partial charge >= 0.3 is 15.6 Å². The van der Waals surface area contributed by atoms with Crippen molar-refractivity contribution in [3.05, 3.63) is 11.8 Å². The summed E-state index contributed by atoms with van der Waals surface area (Å²) in [5.41, 5.74) is -5.40. The molecular weight excluding hydrogens is 297 g/mol. The Kier molecular flexibility index (Phi) is 4.07. The summed E-state index contributed by atoms with van der Waals surface area (Å²) in [4.78, 5) is 0. The molecule has 0 aliphatic heterocycles. The van der Waals surface area contributed by atoms with Crippen molar-refractivity contribution in [2.45, 2.75) is 38.3 Å². The van der Waals surface area contributed by atoms with E-state index in [1.807, 2.05) is 13.8 Å². The fourth-order valence-electron chi connectivity index (χ4n) is 3.19. The van der Waals surface area contributed by atoms with Crippen LogP contribution in [0.5, 0.6) is 0 Å². The Morgan fingerprint density at radius 2 is 2.00 bits per heavy atom. The van der Waals surface area contributed by atoms with Crippen LogP contribution in [-0.4, -0.2) is 26.6 Å². The Hall–Kier alpha value is -0.760. The van der Waals surface area contributed by atoms with Gasteiger partial charge in [-0.15, -0.1) is 0 Å². The molecule has 2 unspecified atom stereocenters. The average Bonchev–Trinajstić information content (AvgIpc) is 2.82. The number of halogens is 3. The zero-order valence-corrected chi connectivity index (χ0v) is 12.0. The molecule has 0 radical (unpaired) electrons. The van der Waals surface area contributed by atoms with Gasteiger partial charge in [0.25, 0.3) is 0 Å². The van der Waals surface area contributed by atoms with Gasteiger partial charge in [0.2, 0.25) is 0 Å². The van der Waals surface area contributed by atoms with Gasteiger partial charge in [-0.05, 0) is 31.8 Å². The van der Waals surface area contributed by atoms with E-state index < -0.39 is 15.6 Å². The molecular formula is C12H17F3O4S. The van der Waals surface area contributed by atoms with E-state index in [-0.39, 0.29) is 29.6 Å². The summed E-state index contributed by atoms with van der Waals surface area (Å²) in [6, 6.07) is 0. The first kappa shape index (κ1) is 15.6. The minimum atomic E-state index is -5.58. The van der Waals surface area contributed by atoms with Crippen molar-refractivity contribution in [2.75, 3.05) is 6.61 Å². The number of hydrogen-bond acceptors (Lipinski definition) is 4. The Labute approximate surface area is 116 Å². The highest BCUT2D eigenvalue weighted by molar-refractivity contribution is 7.87. The lowest BCUT2D eigenvalue weighted by Gasteiger charge is -2.23. The largest absolute Gasteiger partial charge is 0.534 e. The Bertz CT molecular complexity index is 497. The van der Waals surface area contributed by atoms with Crippen molar-refractivity contribution in [1.82, 2.24) is 0 Å². The topological polar surface area (TPSA) is 52.6 Å². The summed E-state index contributed by atoms with van der Waals surface area (Å²) >= 11 is 0. The van der Waals surface area contributed by atoms with Gasteiger partial charge in [-0.25, -0.2) is 0 Å². The molecule has 2 aliphatic carbocycles. The van der Waals surface area contributed by atoms with Gasteiger partial charge in [0.1, 0.15) is 5.76 Å². The smallest absolute Gasteiger partial charge is 0.381 e. The predicted octanol–water partition coefficient (Wildman–Crippen LogP) is 2.82. The molecule has 20 heavy (non-hydrogen) atoms. The SMILES string of the molecule is CCOC1CC[C@H]2C(OS(=O)(=O)C(F)(F)F)=C[C@H](C)C12. The van der Waals surface area contributed by atoms with Crippen molar-refractivity contribution >= 4 is 10.1 Å². The highest BCUT2D eigenvalue weighted by atomic mass is 32.2. The van der Waals surface area contributed by atoms with Crippen LogP contribution in [0.1, 0.15) is 26.7 Å². The van der Waals surface area contributed by atoms with E-state index in [1.165, 1.54) is 6.08 Å². The highest BCUT2D eigenvalue weighted by Gasteiger charge is 2.52. The van der Waals surface area contributed by atoms with E-state index >= 15 is 0 Å². The quantitative estimate of drug-likeness (QED) is 0.591. The molecule has 0 amide bonds. The zero-order valence-electron chi connectivity index (χ0n) is 11.2. The second-order valence-electron chi connectivity index (χ2n) is 5.17. The molecule has 116 valence electrons. The fraction of sp³-hybridized carbons (Fsp3) is 0.833. The van der Waals surface area contributed by atoms with Crippen LogP contribution in [0.15, 0.2) is 11.8 Å². The van der Waals surface area contributed by atoms with E-state index in [1.54, 1.807) is 0 Å². The van der Waals surface area contributed by atoms with E-state index in [9.17, 15) is 21.6 Å². The minimum Gasteiger partial charge on any atom is -0.381 e. The number of ether oxygens (including phenoxy) is 1. The van der Waals surface area contributed by atoms with E-state index in [0.29, 0.717) is 19.4 Å². The third kappa shape index (κ3) is 2.67. The van der Waals surface area contributed by atoms with E-state index in [2.05, 4.69) is 4.18 Å². The summed E-state index contributed by atoms with van der Waals surface area (Å²) in [5.74, 6) is -0.452. The van der Waals surface area contributed by atoms with Crippen LogP contribution in [-0.2, 0) is 19.0 Å². The summed E-state index contributed by atoms with van der Waals surface area (Å²) in [6.07, 6.45) is 2.72. The van der Waals surface area contributed by atoms with Gasteiger partial charge in [0.05, 0.1) is 6.10 Å². The molecule has 1 fully saturated rings. The summed E-state index contributed by atoms with van der Waals surface area (Å²) in [6.45, 7) is 4.22. The highest BCUT2D eigenvalue weighted by Crippen LogP contribution is 2.49. The predicted molar refractivity (Wildman–Crippen MR) is 64.9 cm³/mol. The number of hydrogen-bond donors (Lipinski definition) is 0. The Morgan fingerprint density at radius 3 is 2.55 bits per heavy atom. The van der Waals surface area contributed by atoms with Crippen LogP contribution >= 0.6 is 0 Å². The van der Waals surface area contributed by atoms with Crippen molar-refractivity contribution in [1.29, 1.82) is 0 Å². The molecule has 2 aliphatic rings.